The van der Waals surface area contributed by atoms with E-state index in [4.69, 9.17) is 11.0 Å². The first-order chi connectivity index (χ1) is 14.0. The van der Waals surface area contributed by atoms with Gasteiger partial charge in [0.15, 0.2) is 5.82 Å². The van der Waals surface area contributed by atoms with E-state index in [9.17, 15) is 13.6 Å². The maximum Gasteiger partial charge on any atom is 0.251 e. The Morgan fingerprint density at radius 1 is 1.34 bits per heavy atom. The van der Waals surface area contributed by atoms with E-state index in [1.165, 1.54) is 6.07 Å². The number of anilines is 2. The van der Waals surface area contributed by atoms with Gasteiger partial charge in [0.05, 0.1) is 42.2 Å². The molecule has 1 aromatic carbocycles. The number of carbonyl (C=O) groups is 1. The normalized spacial score (nSPS) is 13.1. The highest BCUT2D eigenvalue weighted by atomic mass is 19.1. The van der Waals surface area contributed by atoms with Crippen LogP contribution in [0.1, 0.15) is 34.8 Å². The number of aromatic nitrogens is 4. The van der Waals surface area contributed by atoms with Gasteiger partial charge in [0, 0.05) is 17.3 Å². The number of rotatable bonds is 6. The standard InChI is InChI=1S/C19H15F2N7O/c20-15-8-24-19(26-10-7-25-28(9-10)11-1-2-11)27-17(15)13-3-4-14(18(23)29)16(21)12(13)5-6-22/h3-4,7-9,11H,1-2,5H2,(H2,23,29)(H,24,26,27). The van der Waals surface area contributed by atoms with Crippen LogP contribution in [-0.4, -0.2) is 25.7 Å². The van der Waals surface area contributed by atoms with Gasteiger partial charge in [-0.25, -0.2) is 18.7 Å². The van der Waals surface area contributed by atoms with E-state index < -0.39 is 17.5 Å². The molecule has 1 amide bonds. The third kappa shape index (κ3) is 3.62. The summed E-state index contributed by atoms with van der Waals surface area (Å²) >= 11 is 0. The first kappa shape index (κ1) is 18.5. The summed E-state index contributed by atoms with van der Waals surface area (Å²) in [4.78, 5) is 19.4. The lowest BCUT2D eigenvalue weighted by atomic mass is 9.97. The summed E-state index contributed by atoms with van der Waals surface area (Å²) in [5, 5.41) is 16.2. The lowest BCUT2D eigenvalue weighted by Crippen LogP contribution is -2.15. The molecule has 3 aromatic rings. The van der Waals surface area contributed by atoms with E-state index in [1.54, 1.807) is 12.4 Å². The Morgan fingerprint density at radius 2 is 2.14 bits per heavy atom. The van der Waals surface area contributed by atoms with Gasteiger partial charge < -0.3 is 11.1 Å². The van der Waals surface area contributed by atoms with E-state index in [-0.39, 0.29) is 34.8 Å². The van der Waals surface area contributed by atoms with Crippen LogP contribution in [0, 0.1) is 23.0 Å². The fourth-order valence-electron chi connectivity index (χ4n) is 2.97. The number of nitrogens with two attached hydrogens (primary N) is 1. The number of benzene rings is 1. The molecule has 2 heterocycles. The number of carbonyl (C=O) groups excluding carboxylic acids is 1. The average Bonchev–Trinajstić information content (AvgIpc) is 3.44. The van der Waals surface area contributed by atoms with Crippen LogP contribution in [0.4, 0.5) is 20.4 Å². The van der Waals surface area contributed by atoms with Gasteiger partial charge in [-0.3, -0.25) is 9.48 Å². The highest BCUT2D eigenvalue weighted by Gasteiger charge is 2.24. The topological polar surface area (TPSA) is 123 Å². The zero-order valence-electron chi connectivity index (χ0n) is 15.1. The minimum absolute atomic E-state index is 0.0469. The molecule has 0 aliphatic heterocycles. The zero-order chi connectivity index (χ0) is 20.5. The molecule has 3 N–H and O–H groups in total. The average molecular weight is 395 g/mol. The first-order valence-corrected chi connectivity index (χ1v) is 8.80. The van der Waals surface area contributed by atoms with Gasteiger partial charge in [-0.2, -0.15) is 10.4 Å². The van der Waals surface area contributed by atoms with Crippen LogP contribution >= 0.6 is 0 Å². The Bertz CT molecular complexity index is 1150. The SMILES string of the molecule is N#CCc1c(-c2nc(Nc3cnn(C4CC4)c3)ncc2F)ccc(C(N)=O)c1F. The van der Waals surface area contributed by atoms with Gasteiger partial charge in [0.2, 0.25) is 5.95 Å². The number of halogens is 2. The van der Waals surface area contributed by atoms with Crippen molar-refractivity contribution in [1.29, 1.82) is 5.26 Å². The van der Waals surface area contributed by atoms with Crippen LogP contribution in [0.15, 0.2) is 30.7 Å². The Kier molecular flexibility index (Phi) is 4.64. The summed E-state index contributed by atoms with van der Waals surface area (Å²) in [6, 6.07) is 4.66. The van der Waals surface area contributed by atoms with Crippen LogP contribution in [0.2, 0.25) is 0 Å². The van der Waals surface area contributed by atoms with E-state index in [1.807, 2.05) is 10.8 Å². The van der Waals surface area contributed by atoms with Crippen LogP contribution < -0.4 is 11.1 Å². The summed E-state index contributed by atoms with van der Waals surface area (Å²) in [7, 11) is 0. The molecule has 29 heavy (non-hydrogen) atoms. The number of hydrogen-bond acceptors (Lipinski definition) is 6. The molecule has 10 heteroatoms. The molecule has 8 nitrogen and oxygen atoms in total. The summed E-state index contributed by atoms with van der Waals surface area (Å²) < 4.78 is 31.0. The predicted molar refractivity (Wildman–Crippen MR) is 99.0 cm³/mol. The van der Waals surface area contributed by atoms with Crippen molar-refractivity contribution in [2.24, 2.45) is 5.73 Å². The molecule has 0 unspecified atom stereocenters. The fourth-order valence-corrected chi connectivity index (χ4v) is 2.97. The number of nitrogens with one attached hydrogen (secondary N) is 1. The molecule has 1 aliphatic rings. The van der Waals surface area contributed by atoms with Crippen molar-refractivity contribution in [3.05, 3.63) is 53.5 Å². The molecule has 146 valence electrons. The highest BCUT2D eigenvalue weighted by Crippen LogP contribution is 2.35. The molecule has 2 aromatic heterocycles. The molecular formula is C19H15F2N7O. The number of nitrogens with zero attached hydrogens (tertiary/aromatic N) is 5. The second kappa shape index (κ2) is 7.27. The number of hydrogen-bond donors (Lipinski definition) is 2. The first-order valence-electron chi connectivity index (χ1n) is 8.80. The van der Waals surface area contributed by atoms with E-state index in [0.717, 1.165) is 25.1 Å². The summed E-state index contributed by atoms with van der Waals surface area (Å²) in [6.45, 7) is 0. The van der Waals surface area contributed by atoms with Crippen molar-refractivity contribution >= 4 is 17.5 Å². The van der Waals surface area contributed by atoms with Gasteiger partial charge in [0.25, 0.3) is 5.91 Å². The van der Waals surface area contributed by atoms with Crippen molar-refractivity contribution in [3.63, 3.8) is 0 Å². The van der Waals surface area contributed by atoms with Gasteiger partial charge in [0.1, 0.15) is 11.5 Å². The van der Waals surface area contributed by atoms with Crippen LogP contribution in [0.3, 0.4) is 0 Å². The van der Waals surface area contributed by atoms with Gasteiger partial charge >= 0.3 is 0 Å². The molecule has 0 spiro atoms. The van der Waals surface area contributed by atoms with Gasteiger partial charge in [-0.05, 0) is 18.9 Å². The summed E-state index contributed by atoms with van der Waals surface area (Å²) in [5.74, 6) is -2.66. The minimum Gasteiger partial charge on any atom is -0.366 e. The molecule has 1 aliphatic carbocycles. The van der Waals surface area contributed by atoms with Crippen molar-refractivity contribution in [1.82, 2.24) is 19.7 Å². The molecule has 0 atom stereocenters. The highest BCUT2D eigenvalue weighted by molar-refractivity contribution is 5.94. The van der Waals surface area contributed by atoms with Crippen molar-refractivity contribution in [3.8, 4) is 17.3 Å². The Hall–Kier alpha value is -3.87. The van der Waals surface area contributed by atoms with Crippen molar-refractivity contribution in [2.45, 2.75) is 25.3 Å². The van der Waals surface area contributed by atoms with Crippen LogP contribution in [0.5, 0.6) is 0 Å². The van der Waals surface area contributed by atoms with Gasteiger partial charge in [-0.15, -0.1) is 0 Å². The molecule has 0 bridgehead atoms. The van der Waals surface area contributed by atoms with E-state index in [2.05, 4.69) is 20.4 Å². The minimum atomic E-state index is -0.980. The molecule has 4 rings (SSSR count). The molecule has 0 saturated heterocycles. The maximum absolute atomic E-state index is 14.7. The second-order valence-corrected chi connectivity index (χ2v) is 6.61. The van der Waals surface area contributed by atoms with E-state index in [0.29, 0.717) is 11.7 Å². The largest absolute Gasteiger partial charge is 0.366 e. The molecule has 0 radical (unpaired) electrons. The lowest BCUT2D eigenvalue weighted by Gasteiger charge is -2.12. The maximum atomic E-state index is 14.7. The predicted octanol–water partition coefficient (Wildman–Crippen LogP) is 2.86. The fraction of sp³-hybridized carbons (Fsp3) is 0.211. The quantitative estimate of drug-likeness (QED) is 0.662. The number of primary amides is 1. The Morgan fingerprint density at radius 3 is 2.83 bits per heavy atom. The third-order valence-electron chi connectivity index (χ3n) is 4.54. The van der Waals surface area contributed by atoms with Crippen LogP contribution in [0.25, 0.3) is 11.3 Å². The monoisotopic (exact) mass is 395 g/mol. The Balaban J connectivity index is 1.72. The summed E-state index contributed by atoms with van der Waals surface area (Å²) in [5.41, 5.74) is 5.10. The van der Waals surface area contributed by atoms with Crippen molar-refractivity contribution < 1.29 is 13.6 Å². The van der Waals surface area contributed by atoms with Gasteiger partial charge in [-0.1, -0.05) is 6.07 Å². The molecular weight excluding hydrogens is 380 g/mol. The number of nitriles is 1. The van der Waals surface area contributed by atoms with E-state index >= 15 is 0 Å². The molecule has 1 saturated carbocycles. The third-order valence-corrected chi connectivity index (χ3v) is 4.54. The van der Waals surface area contributed by atoms with Crippen LogP contribution in [-0.2, 0) is 6.42 Å². The lowest BCUT2D eigenvalue weighted by molar-refractivity contribution is 0.0996. The van der Waals surface area contributed by atoms with Crippen molar-refractivity contribution in [2.75, 3.05) is 5.32 Å². The second-order valence-electron chi connectivity index (χ2n) is 6.61. The molecule has 1 fully saturated rings. The Labute approximate surface area is 164 Å². The zero-order valence-corrected chi connectivity index (χ0v) is 15.1. The smallest absolute Gasteiger partial charge is 0.251 e. The number of amides is 1. The summed E-state index contributed by atoms with van der Waals surface area (Å²) in [6.07, 6.45) is 6.12.